The highest BCUT2D eigenvalue weighted by Crippen LogP contribution is 2.25. The Morgan fingerprint density at radius 3 is 2.58 bits per heavy atom. The van der Waals surface area contributed by atoms with Crippen LogP contribution in [0.3, 0.4) is 0 Å². The molecule has 9 nitrogen and oxygen atoms in total. The van der Waals surface area contributed by atoms with Crippen molar-refractivity contribution in [2.24, 2.45) is 0 Å². The monoisotopic (exact) mass is 377 g/mol. The number of hydrogen-bond donors (Lipinski definition) is 2. The molecule has 2 N–H and O–H groups in total. The maximum absolute atomic E-state index is 12.8. The Hall–Kier alpha value is -3.33. The lowest BCUT2D eigenvalue weighted by Crippen LogP contribution is -2.34. The maximum Gasteiger partial charge on any atom is 0.337 e. The van der Waals surface area contributed by atoms with E-state index < -0.39 is 17.2 Å². The third-order valence-electron chi connectivity index (χ3n) is 3.67. The van der Waals surface area contributed by atoms with E-state index in [0.29, 0.717) is 5.75 Å². The molecule has 0 aliphatic rings. The lowest BCUT2D eigenvalue weighted by atomic mass is 10.1. The fourth-order valence-corrected chi connectivity index (χ4v) is 2.70. The van der Waals surface area contributed by atoms with Gasteiger partial charge in [-0.1, -0.05) is 11.6 Å². The van der Waals surface area contributed by atoms with E-state index in [2.05, 4.69) is 9.97 Å². The van der Waals surface area contributed by atoms with Crippen molar-refractivity contribution < 1.29 is 19.4 Å². The minimum Gasteiger partial charge on any atom is -0.491 e. The van der Waals surface area contributed by atoms with E-state index >= 15 is 0 Å². The molecule has 0 fully saturated rings. The number of halogens is 1. The quantitative estimate of drug-likeness (QED) is 0.705. The first-order valence-corrected chi connectivity index (χ1v) is 7.56. The summed E-state index contributed by atoms with van der Waals surface area (Å²) in [5, 5.41) is 9.02. The van der Waals surface area contributed by atoms with E-state index in [1.54, 1.807) is 0 Å². The number of aromatic nitrogens is 3. The summed E-state index contributed by atoms with van der Waals surface area (Å²) in [5.41, 5.74) is -1.67. The molecular weight excluding hydrogens is 366 g/mol. The number of carbonyl (C=O) groups is 1. The van der Waals surface area contributed by atoms with Crippen molar-refractivity contribution in [3.05, 3.63) is 55.7 Å². The van der Waals surface area contributed by atoms with Gasteiger partial charge in [0.1, 0.15) is 5.82 Å². The molecule has 26 heavy (non-hydrogen) atoms. The molecule has 10 heteroatoms. The number of rotatable bonds is 4. The molecule has 0 spiro atoms. The summed E-state index contributed by atoms with van der Waals surface area (Å²) in [7, 11) is 2.80. The number of aromatic carboxylic acids is 1. The molecule has 2 heterocycles. The number of nitrogens with zero attached hydrogens (tertiary/aromatic N) is 2. The summed E-state index contributed by atoms with van der Waals surface area (Å²) in [6, 6.07) is 5.24. The Labute approximate surface area is 150 Å². The number of benzene rings is 1. The molecule has 0 unspecified atom stereocenters. The van der Waals surface area contributed by atoms with Crippen LogP contribution in [-0.2, 0) is 0 Å². The molecule has 0 amide bonds. The van der Waals surface area contributed by atoms with E-state index in [1.807, 2.05) is 0 Å². The summed E-state index contributed by atoms with van der Waals surface area (Å²) in [6.07, 6.45) is 0. The standard InChI is InChI=1S/C16H12ClN3O6/c1-25-11-3-4-12(19-13(11)26-2)20-14(21)8-5-9(17)7(15(22)23)6-10(8)18-16(20)24/h3-6H,1-2H3,(H,18,24)(H,22,23). The zero-order valence-corrected chi connectivity index (χ0v) is 14.3. The first-order chi connectivity index (χ1) is 12.4. The molecule has 0 radical (unpaired) electrons. The fraction of sp³-hybridized carbons (Fsp3) is 0.125. The van der Waals surface area contributed by atoms with Crippen LogP contribution in [0.15, 0.2) is 33.9 Å². The van der Waals surface area contributed by atoms with Crippen molar-refractivity contribution in [3.8, 4) is 17.4 Å². The number of carboxylic acids is 1. The Kier molecular flexibility index (Phi) is 4.39. The van der Waals surface area contributed by atoms with Gasteiger partial charge in [-0.15, -0.1) is 0 Å². The van der Waals surface area contributed by atoms with Crippen LogP contribution in [0.4, 0.5) is 0 Å². The van der Waals surface area contributed by atoms with Gasteiger partial charge in [-0.2, -0.15) is 4.98 Å². The highest BCUT2D eigenvalue weighted by Gasteiger charge is 2.17. The number of pyridine rings is 1. The summed E-state index contributed by atoms with van der Waals surface area (Å²) >= 11 is 5.92. The second-order valence-electron chi connectivity index (χ2n) is 5.13. The molecule has 1 aromatic carbocycles. The minimum atomic E-state index is -1.27. The number of carboxylic acid groups (broad SMARTS) is 1. The largest absolute Gasteiger partial charge is 0.491 e. The van der Waals surface area contributed by atoms with E-state index in [4.69, 9.17) is 26.2 Å². The van der Waals surface area contributed by atoms with Crippen LogP contribution in [0.25, 0.3) is 16.7 Å². The van der Waals surface area contributed by atoms with Gasteiger partial charge >= 0.3 is 11.7 Å². The SMILES string of the molecule is COc1ccc(-n2c(=O)[nH]c3cc(C(=O)O)c(Cl)cc3c2=O)nc1OC. The molecule has 134 valence electrons. The molecule has 0 bridgehead atoms. The lowest BCUT2D eigenvalue weighted by molar-refractivity contribution is 0.0697. The normalized spacial score (nSPS) is 10.7. The Bertz CT molecular complexity index is 1150. The molecule has 3 aromatic rings. The van der Waals surface area contributed by atoms with Crippen LogP contribution in [0.2, 0.25) is 5.02 Å². The molecular formula is C16H12ClN3O6. The Morgan fingerprint density at radius 1 is 1.23 bits per heavy atom. The van der Waals surface area contributed by atoms with Crippen molar-refractivity contribution in [3.63, 3.8) is 0 Å². The minimum absolute atomic E-state index is 0.00855. The van der Waals surface area contributed by atoms with Gasteiger partial charge in [-0.05, 0) is 24.3 Å². The average Bonchev–Trinajstić information content (AvgIpc) is 2.61. The molecule has 0 aliphatic heterocycles. The fourth-order valence-electron chi connectivity index (χ4n) is 2.45. The molecule has 0 aliphatic carbocycles. The van der Waals surface area contributed by atoms with Gasteiger partial charge in [0.2, 0.25) is 0 Å². The Morgan fingerprint density at radius 2 is 1.96 bits per heavy atom. The van der Waals surface area contributed by atoms with Crippen molar-refractivity contribution in [1.29, 1.82) is 0 Å². The molecule has 2 aromatic heterocycles. The first kappa shape index (κ1) is 17.5. The summed E-state index contributed by atoms with van der Waals surface area (Å²) < 4.78 is 10.9. The predicted molar refractivity (Wildman–Crippen MR) is 93.0 cm³/mol. The van der Waals surface area contributed by atoms with E-state index in [9.17, 15) is 14.4 Å². The van der Waals surface area contributed by atoms with Gasteiger partial charge < -0.3 is 19.6 Å². The van der Waals surface area contributed by atoms with E-state index in [1.165, 1.54) is 32.4 Å². The zero-order valence-electron chi connectivity index (χ0n) is 13.6. The summed E-state index contributed by atoms with van der Waals surface area (Å²) in [6.45, 7) is 0. The van der Waals surface area contributed by atoms with Gasteiger partial charge in [0.05, 0.1) is 35.7 Å². The molecule has 0 saturated heterocycles. The van der Waals surface area contributed by atoms with Crippen LogP contribution in [0, 0.1) is 0 Å². The molecule has 0 saturated carbocycles. The molecule has 3 rings (SSSR count). The predicted octanol–water partition coefficient (Wildman–Crippen LogP) is 1.44. The van der Waals surface area contributed by atoms with Crippen LogP contribution in [-0.4, -0.2) is 39.8 Å². The van der Waals surface area contributed by atoms with Gasteiger partial charge in [0.15, 0.2) is 5.75 Å². The Balaban J connectivity index is 2.32. The topological polar surface area (TPSA) is 124 Å². The second kappa shape index (κ2) is 6.52. The lowest BCUT2D eigenvalue weighted by Gasteiger charge is -2.10. The number of fused-ring (bicyclic) bond motifs is 1. The summed E-state index contributed by atoms with van der Waals surface area (Å²) in [5.74, 6) is -0.843. The number of aromatic amines is 1. The van der Waals surface area contributed by atoms with E-state index in [-0.39, 0.29) is 33.2 Å². The highest BCUT2D eigenvalue weighted by atomic mass is 35.5. The van der Waals surface area contributed by atoms with Gasteiger partial charge in [0, 0.05) is 0 Å². The van der Waals surface area contributed by atoms with Crippen molar-refractivity contribution in [1.82, 2.24) is 14.5 Å². The average molecular weight is 378 g/mol. The molecule has 0 atom stereocenters. The highest BCUT2D eigenvalue weighted by molar-refractivity contribution is 6.34. The van der Waals surface area contributed by atoms with Crippen molar-refractivity contribution in [2.75, 3.05) is 14.2 Å². The number of hydrogen-bond acceptors (Lipinski definition) is 6. The van der Waals surface area contributed by atoms with E-state index in [0.717, 1.165) is 10.6 Å². The maximum atomic E-state index is 12.8. The van der Waals surface area contributed by atoms with Crippen LogP contribution in [0.1, 0.15) is 10.4 Å². The number of methoxy groups -OCH3 is 2. The first-order valence-electron chi connectivity index (χ1n) is 7.18. The van der Waals surface area contributed by atoms with Gasteiger partial charge in [-0.3, -0.25) is 4.79 Å². The van der Waals surface area contributed by atoms with Crippen molar-refractivity contribution in [2.45, 2.75) is 0 Å². The second-order valence-corrected chi connectivity index (χ2v) is 5.54. The van der Waals surface area contributed by atoms with Gasteiger partial charge in [-0.25, -0.2) is 14.2 Å². The smallest absolute Gasteiger partial charge is 0.337 e. The number of H-pyrrole nitrogens is 1. The third-order valence-corrected chi connectivity index (χ3v) is 3.98. The van der Waals surface area contributed by atoms with Crippen LogP contribution >= 0.6 is 11.6 Å². The van der Waals surface area contributed by atoms with Gasteiger partial charge in [0.25, 0.3) is 11.4 Å². The third kappa shape index (κ3) is 2.78. The van der Waals surface area contributed by atoms with Crippen LogP contribution < -0.4 is 20.7 Å². The zero-order chi connectivity index (χ0) is 19.0. The number of ether oxygens (including phenoxy) is 2. The van der Waals surface area contributed by atoms with Crippen LogP contribution in [0.5, 0.6) is 11.6 Å². The number of nitrogens with one attached hydrogen (secondary N) is 1. The van der Waals surface area contributed by atoms with Crippen molar-refractivity contribution >= 4 is 28.5 Å². The summed E-state index contributed by atoms with van der Waals surface area (Å²) in [4.78, 5) is 42.9.